The second-order valence-corrected chi connectivity index (χ2v) is 7.19. The smallest absolute Gasteiger partial charge is 0.252 e. The van der Waals surface area contributed by atoms with Gasteiger partial charge < -0.3 is 10.2 Å². The van der Waals surface area contributed by atoms with Crippen molar-refractivity contribution in [2.75, 3.05) is 13.1 Å². The second kappa shape index (κ2) is 8.32. The predicted octanol–water partition coefficient (Wildman–Crippen LogP) is 3.84. The highest BCUT2D eigenvalue weighted by Gasteiger charge is 2.23. The van der Waals surface area contributed by atoms with Gasteiger partial charge in [-0.2, -0.15) is 11.3 Å². The number of rotatable bonds is 4. The maximum absolute atomic E-state index is 12.3. The Bertz CT molecular complexity index is 748. The molecule has 6 heteroatoms. The number of hydrogen-bond acceptors (Lipinski definition) is 3. The van der Waals surface area contributed by atoms with Gasteiger partial charge in [-0.05, 0) is 48.1 Å². The average molecular weight is 375 g/mol. The highest BCUT2D eigenvalue weighted by molar-refractivity contribution is 7.08. The van der Waals surface area contributed by atoms with Crippen molar-refractivity contribution in [2.45, 2.75) is 18.9 Å². The van der Waals surface area contributed by atoms with Crippen molar-refractivity contribution in [3.05, 3.63) is 63.3 Å². The summed E-state index contributed by atoms with van der Waals surface area (Å²) in [6.45, 7) is 1.30. The molecule has 1 aliphatic heterocycles. The van der Waals surface area contributed by atoms with E-state index >= 15 is 0 Å². The minimum atomic E-state index is -0.0336. The maximum atomic E-state index is 12.3. The molecule has 2 amide bonds. The van der Waals surface area contributed by atoms with Gasteiger partial charge in [0, 0.05) is 41.2 Å². The van der Waals surface area contributed by atoms with E-state index in [1.54, 1.807) is 24.3 Å². The van der Waals surface area contributed by atoms with Crippen molar-refractivity contribution >= 4 is 40.8 Å². The summed E-state index contributed by atoms with van der Waals surface area (Å²) in [7, 11) is 0. The lowest BCUT2D eigenvalue weighted by Crippen LogP contribution is -2.46. The van der Waals surface area contributed by atoms with Crippen molar-refractivity contribution in [3.8, 4) is 0 Å². The van der Waals surface area contributed by atoms with E-state index in [4.69, 9.17) is 11.6 Å². The van der Waals surface area contributed by atoms with Crippen LogP contribution in [0.4, 0.5) is 0 Å². The maximum Gasteiger partial charge on any atom is 0.252 e. The summed E-state index contributed by atoms with van der Waals surface area (Å²) in [6, 6.07) is 9.29. The second-order valence-electron chi connectivity index (χ2n) is 5.97. The van der Waals surface area contributed by atoms with E-state index in [9.17, 15) is 9.59 Å². The molecule has 0 radical (unpaired) electrons. The van der Waals surface area contributed by atoms with Gasteiger partial charge in [0.05, 0.1) is 0 Å². The number of piperidine rings is 1. The van der Waals surface area contributed by atoms with E-state index in [2.05, 4.69) is 5.32 Å². The molecule has 1 aromatic carbocycles. The number of amides is 2. The number of likely N-dealkylation sites (tertiary alicyclic amines) is 1. The van der Waals surface area contributed by atoms with Crippen molar-refractivity contribution in [2.24, 2.45) is 0 Å². The van der Waals surface area contributed by atoms with Crippen LogP contribution in [-0.4, -0.2) is 35.8 Å². The van der Waals surface area contributed by atoms with Crippen LogP contribution in [0.1, 0.15) is 28.8 Å². The van der Waals surface area contributed by atoms with Gasteiger partial charge in [-0.25, -0.2) is 0 Å². The number of carbonyl (C=O) groups excluding carboxylic acids is 2. The van der Waals surface area contributed by atoms with E-state index in [1.807, 2.05) is 33.9 Å². The van der Waals surface area contributed by atoms with Crippen LogP contribution in [0.2, 0.25) is 5.02 Å². The molecule has 0 saturated carbocycles. The summed E-state index contributed by atoms with van der Waals surface area (Å²) in [5.41, 5.74) is 1.64. The summed E-state index contributed by atoms with van der Waals surface area (Å²) in [6.07, 6.45) is 4.93. The first-order chi connectivity index (χ1) is 12.1. The molecule has 2 heterocycles. The molecule has 1 fully saturated rings. The van der Waals surface area contributed by atoms with Gasteiger partial charge in [0.15, 0.2) is 0 Å². The fourth-order valence-corrected chi connectivity index (χ4v) is 3.52. The fraction of sp³-hybridized carbons (Fsp3) is 0.263. The first kappa shape index (κ1) is 17.7. The number of thiophene rings is 1. The molecule has 4 nitrogen and oxygen atoms in total. The van der Waals surface area contributed by atoms with E-state index in [0.29, 0.717) is 23.7 Å². The molecule has 0 spiro atoms. The summed E-state index contributed by atoms with van der Waals surface area (Å²) in [5, 5.41) is 7.45. The molecule has 1 saturated heterocycles. The summed E-state index contributed by atoms with van der Waals surface area (Å²) >= 11 is 7.36. The largest absolute Gasteiger partial charge is 0.349 e. The Morgan fingerprint density at radius 1 is 1.16 bits per heavy atom. The third-order valence-electron chi connectivity index (χ3n) is 4.21. The molecule has 2 aromatic rings. The van der Waals surface area contributed by atoms with Gasteiger partial charge in [-0.15, -0.1) is 0 Å². The lowest BCUT2D eigenvalue weighted by Gasteiger charge is -2.31. The van der Waals surface area contributed by atoms with E-state index in [1.165, 1.54) is 11.3 Å². The Hall–Kier alpha value is -2.11. The van der Waals surface area contributed by atoms with Crippen LogP contribution in [0, 0.1) is 0 Å². The van der Waals surface area contributed by atoms with Gasteiger partial charge in [0.1, 0.15) is 0 Å². The minimum absolute atomic E-state index is 0.00226. The van der Waals surface area contributed by atoms with Crippen molar-refractivity contribution in [1.29, 1.82) is 0 Å². The third-order valence-corrected chi connectivity index (χ3v) is 5.15. The third kappa shape index (κ3) is 4.94. The zero-order chi connectivity index (χ0) is 17.6. The molecule has 3 rings (SSSR count). The number of halogens is 1. The van der Waals surface area contributed by atoms with Gasteiger partial charge >= 0.3 is 0 Å². The SMILES string of the molecule is O=C(NC1CCN(C(=O)/C=C/c2ccc(Cl)cc2)CC1)c1ccsc1. The molecular formula is C19H19ClN2O2S. The van der Waals surface area contributed by atoms with Gasteiger partial charge in [0.25, 0.3) is 5.91 Å². The molecule has 1 aromatic heterocycles. The highest BCUT2D eigenvalue weighted by atomic mass is 35.5. The van der Waals surface area contributed by atoms with E-state index in [0.717, 1.165) is 18.4 Å². The van der Waals surface area contributed by atoms with Crippen LogP contribution in [0.3, 0.4) is 0 Å². The van der Waals surface area contributed by atoms with E-state index < -0.39 is 0 Å². The molecule has 0 atom stereocenters. The molecule has 1 aliphatic rings. The summed E-state index contributed by atoms with van der Waals surface area (Å²) in [5.74, 6) is -0.0359. The number of hydrogen-bond donors (Lipinski definition) is 1. The Balaban J connectivity index is 1.47. The van der Waals surface area contributed by atoms with Gasteiger partial charge in [-0.1, -0.05) is 23.7 Å². The monoisotopic (exact) mass is 374 g/mol. The topological polar surface area (TPSA) is 49.4 Å². The number of benzene rings is 1. The first-order valence-electron chi connectivity index (χ1n) is 8.17. The highest BCUT2D eigenvalue weighted by Crippen LogP contribution is 2.14. The lowest BCUT2D eigenvalue weighted by atomic mass is 10.0. The van der Waals surface area contributed by atoms with Crippen LogP contribution in [0.5, 0.6) is 0 Å². The number of nitrogens with one attached hydrogen (secondary N) is 1. The van der Waals surface area contributed by atoms with Gasteiger partial charge in [-0.3, -0.25) is 9.59 Å². The molecule has 0 aliphatic carbocycles. The fourth-order valence-electron chi connectivity index (χ4n) is 2.75. The molecule has 1 N–H and O–H groups in total. The Morgan fingerprint density at radius 2 is 1.88 bits per heavy atom. The van der Waals surface area contributed by atoms with Crippen LogP contribution in [0.25, 0.3) is 6.08 Å². The van der Waals surface area contributed by atoms with Crippen molar-refractivity contribution in [3.63, 3.8) is 0 Å². The first-order valence-corrected chi connectivity index (χ1v) is 9.49. The van der Waals surface area contributed by atoms with E-state index in [-0.39, 0.29) is 17.9 Å². The summed E-state index contributed by atoms with van der Waals surface area (Å²) < 4.78 is 0. The Morgan fingerprint density at radius 3 is 2.52 bits per heavy atom. The number of carbonyl (C=O) groups is 2. The van der Waals surface area contributed by atoms with Crippen molar-refractivity contribution in [1.82, 2.24) is 10.2 Å². The Kier molecular flexibility index (Phi) is 5.89. The average Bonchev–Trinajstić information content (AvgIpc) is 3.16. The van der Waals surface area contributed by atoms with Crippen LogP contribution in [-0.2, 0) is 4.79 Å². The molecule has 0 bridgehead atoms. The van der Waals surface area contributed by atoms with Crippen molar-refractivity contribution < 1.29 is 9.59 Å². The summed E-state index contributed by atoms with van der Waals surface area (Å²) in [4.78, 5) is 26.2. The van der Waals surface area contributed by atoms with Gasteiger partial charge in [0.2, 0.25) is 5.91 Å². The Labute approximate surface area is 156 Å². The quantitative estimate of drug-likeness (QED) is 0.827. The molecule has 130 valence electrons. The zero-order valence-corrected chi connectivity index (χ0v) is 15.2. The lowest BCUT2D eigenvalue weighted by molar-refractivity contribution is -0.126. The van der Waals surface area contributed by atoms with Crippen LogP contribution in [0.15, 0.2) is 47.2 Å². The predicted molar refractivity (Wildman–Crippen MR) is 102 cm³/mol. The minimum Gasteiger partial charge on any atom is -0.349 e. The zero-order valence-electron chi connectivity index (χ0n) is 13.7. The molecular weight excluding hydrogens is 356 g/mol. The van der Waals surface area contributed by atoms with Crippen LogP contribution >= 0.6 is 22.9 Å². The van der Waals surface area contributed by atoms with Crippen LogP contribution < -0.4 is 5.32 Å². The standard InChI is InChI=1S/C19H19ClN2O2S/c20-16-4-1-14(2-5-16)3-6-18(23)22-10-7-17(8-11-22)21-19(24)15-9-12-25-13-15/h1-6,9,12-13,17H,7-8,10-11H2,(H,21,24)/b6-3+. The molecule has 25 heavy (non-hydrogen) atoms. The normalized spacial score (nSPS) is 15.5. The molecule has 0 unspecified atom stereocenters. The number of nitrogens with zero attached hydrogens (tertiary/aromatic N) is 1.